The summed E-state index contributed by atoms with van der Waals surface area (Å²) in [7, 11) is -8.80. The molecule has 0 fully saturated rings. The lowest BCUT2D eigenvalue weighted by atomic mass is 9.94. The zero-order valence-corrected chi connectivity index (χ0v) is 44.4. The number of benzene rings is 4. The minimum absolute atomic E-state index is 0.0832. The van der Waals surface area contributed by atoms with E-state index in [1.54, 1.807) is 18.2 Å². The monoisotopic (exact) mass is 1010 g/mol. The quantitative estimate of drug-likeness (QED) is 0.0144. The molecule has 13 heteroatoms. The molecule has 0 heterocycles. The molecule has 0 saturated carbocycles. The number of ether oxygens (including phenoxy) is 2. The summed E-state index contributed by atoms with van der Waals surface area (Å²) in [6.07, 6.45) is 38.0. The Bertz CT molecular complexity index is 2280. The van der Waals surface area contributed by atoms with Gasteiger partial charge in [-0.15, -0.1) is 0 Å². The highest BCUT2D eigenvalue weighted by Gasteiger charge is 2.27. The van der Waals surface area contributed by atoms with Crippen LogP contribution in [0.25, 0.3) is 32.3 Å². The van der Waals surface area contributed by atoms with E-state index in [1.807, 2.05) is 36.4 Å². The number of allylic oxidation sites excluding steroid dienone is 4. The average molecular weight is 1010 g/mol. The number of hydrogen-bond donors (Lipinski definition) is 2. The molecule has 1 unspecified atom stereocenters. The Morgan fingerprint density at radius 2 is 1.03 bits per heavy atom. The zero-order valence-electron chi connectivity index (χ0n) is 42.7. The van der Waals surface area contributed by atoms with Gasteiger partial charge in [-0.25, -0.2) is 17.7 Å². The number of unbranched alkanes of at least 4 members (excludes halogenated alkanes) is 22. The molecular formula is C57H86NO10PS. The number of nitrogens with one attached hydrogen (secondary N) is 1. The van der Waals surface area contributed by atoms with Crippen LogP contribution in [0, 0.1) is 0 Å². The third-order valence-electron chi connectivity index (χ3n) is 12.9. The van der Waals surface area contributed by atoms with E-state index in [2.05, 4.69) is 42.9 Å². The maximum absolute atomic E-state index is 13.5. The molecule has 2 atom stereocenters. The molecule has 4 rings (SSSR count). The Kier molecular flexibility index (Phi) is 29.2. The van der Waals surface area contributed by atoms with Crippen LogP contribution < -0.4 is 4.72 Å². The van der Waals surface area contributed by atoms with Crippen molar-refractivity contribution in [3.8, 4) is 0 Å². The van der Waals surface area contributed by atoms with Crippen molar-refractivity contribution < 1.29 is 46.0 Å². The summed E-state index contributed by atoms with van der Waals surface area (Å²) < 4.78 is 64.0. The first-order valence-corrected chi connectivity index (χ1v) is 30.0. The third-order valence-corrected chi connectivity index (χ3v) is 15.4. The van der Waals surface area contributed by atoms with Gasteiger partial charge in [0.2, 0.25) is 10.0 Å². The van der Waals surface area contributed by atoms with E-state index in [0.717, 1.165) is 104 Å². The van der Waals surface area contributed by atoms with Gasteiger partial charge < -0.3 is 14.4 Å². The number of phosphoric acid groups is 1. The molecule has 11 nitrogen and oxygen atoms in total. The number of carbonyl (C=O) groups excluding carboxylic acids is 2. The molecule has 0 radical (unpaired) electrons. The third kappa shape index (κ3) is 23.3. The van der Waals surface area contributed by atoms with E-state index in [9.17, 15) is 27.5 Å². The molecule has 4 aromatic carbocycles. The smallest absolute Gasteiger partial charge is 0.462 e. The van der Waals surface area contributed by atoms with Crippen molar-refractivity contribution in [3.05, 3.63) is 78.9 Å². The first-order chi connectivity index (χ1) is 34.0. The van der Waals surface area contributed by atoms with Gasteiger partial charge in [-0.3, -0.25) is 18.6 Å². The van der Waals surface area contributed by atoms with Crippen molar-refractivity contribution in [1.29, 1.82) is 0 Å². The van der Waals surface area contributed by atoms with E-state index in [1.165, 1.54) is 77.0 Å². The molecule has 0 aliphatic carbocycles. The van der Waals surface area contributed by atoms with Gasteiger partial charge in [-0.05, 0) is 97.2 Å². The lowest BCUT2D eigenvalue weighted by Gasteiger charge is -2.20. The summed E-state index contributed by atoms with van der Waals surface area (Å²) in [6.45, 7) is 2.77. The Hall–Kier alpha value is -3.64. The zero-order chi connectivity index (χ0) is 50.1. The first kappa shape index (κ1) is 58.9. The molecule has 2 N–H and O–H groups in total. The summed E-state index contributed by atoms with van der Waals surface area (Å²) in [6, 6.07) is 17.0. The van der Waals surface area contributed by atoms with Crippen LogP contribution >= 0.6 is 7.82 Å². The highest BCUT2D eigenvalue weighted by atomic mass is 32.2. The minimum Gasteiger partial charge on any atom is -0.462 e. The van der Waals surface area contributed by atoms with Crippen molar-refractivity contribution in [2.45, 2.75) is 205 Å². The molecule has 0 amide bonds. The van der Waals surface area contributed by atoms with Gasteiger partial charge in [0, 0.05) is 24.8 Å². The van der Waals surface area contributed by atoms with Crippen LogP contribution in [0.2, 0.25) is 0 Å². The summed E-state index contributed by atoms with van der Waals surface area (Å²) in [5.74, 6) is -0.967. The Morgan fingerprint density at radius 1 is 0.571 bits per heavy atom. The predicted molar refractivity (Wildman–Crippen MR) is 287 cm³/mol. The Balaban J connectivity index is 1.17. The van der Waals surface area contributed by atoms with Crippen LogP contribution in [0.15, 0.2) is 83.8 Å². The second kappa shape index (κ2) is 34.7. The number of hydrogen-bond acceptors (Lipinski definition) is 9. The first-order valence-electron chi connectivity index (χ1n) is 27.0. The van der Waals surface area contributed by atoms with Crippen molar-refractivity contribution in [1.82, 2.24) is 4.72 Å². The van der Waals surface area contributed by atoms with E-state index in [4.69, 9.17) is 18.5 Å². The van der Waals surface area contributed by atoms with Gasteiger partial charge in [-0.2, -0.15) is 0 Å². The predicted octanol–water partition coefficient (Wildman–Crippen LogP) is 15.5. The standard InChI is InChI=1S/C57H86NO10PS/c1-3-5-7-9-11-13-15-17-19-21-23-25-27-29-31-36-54(59)65-46-51(68-55(60)37-32-30-28-26-24-22-20-18-16-14-12-10-8-6-4-2)47-67-69(61,62)66-45-44-58-70(63,64)53-43-41-50-39-38-48-34-33-35-49-40-42-52(53)57(50)56(48)49/h17-20,33-35,38-43,51,58H,3-16,21-32,36-37,44-47H2,1-2H3,(H,61,62)/b19-17+,20-18+/t51-/m1/s1. The number of sulfonamides is 1. The van der Waals surface area contributed by atoms with Gasteiger partial charge in [0.25, 0.3) is 0 Å². The molecule has 4 aromatic rings. The number of carbonyl (C=O) groups is 2. The molecule has 0 spiro atoms. The van der Waals surface area contributed by atoms with E-state index >= 15 is 0 Å². The summed E-state index contributed by atoms with van der Waals surface area (Å²) in [5, 5.41) is 5.33. The van der Waals surface area contributed by atoms with Crippen LogP contribution in [0.3, 0.4) is 0 Å². The maximum atomic E-state index is 13.5. The highest BCUT2D eigenvalue weighted by molar-refractivity contribution is 7.89. The Labute approximate surface area is 420 Å². The molecule has 0 bridgehead atoms. The fraction of sp³-hybridized carbons (Fsp3) is 0.614. The summed E-state index contributed by atoms with van der Waals surface area (Å²) >= 11 is 0. The van der Waals surface area contributed by atoms with Crippen molar-refractivity contribution in [2.24, 2.45) is 0 Å². The van der Waals surface area contributed by atoms with E-state index < -0.39 is 49.1 Å². The average Bonchev–Trinajstić information content (AvgIpc) is 3.35. The molecule has 70 heavy (non-hydrogen) atoms. The number of esters is 2. The van der Waals surface area contributed by atoms with Crippen molar-refractivity contribution >= 4 is 62.1 Å². The maximum Gasteiger partial charge on any atom is 0.472 e. The van der Waals surface area contributed by atoms with Crippen molar-refractivity contribution in [3.63, 3.8) is 0 Å². The summed E-state index contributed by atoms with van der Waals surface area (Å²) in [5.41, 5.74) is 0. The lowest BCUT2D eigenvalue weighted by molar-refractivity contribution is -0.161. The topological polar surface area (TPSA) is 155 Å². The fourth-order valence-electron chi connectivity index (χ4n) is 8.87. The molecule has 390 valence electrons. The molecular weight excluding hydrogens is 922 g/mol. The fourth-order valence-corrected chi connectivity index (χ4v) is 10.8. The van der Waals surface area contributed by atoms with Crippen LogP contribution in [0.4, 0.5) is 0 Å². The SMILES string of the molecule is CCCCCCCC/C=C/CCCCCCCC(=O)OC[C@H](COP(=O)(O)OCCNS(=O)(=O)c1ccc2ccc3cccc4ccc1c2c34)OC(=O)CCCCCCC/C=C/CCCCCCCC. The van der Waals surface area contributed by atoms with Gasteiger partial charge in [0.15, 0.2) is 6.10 Å². The van der Waals surface area contributed by atoms with E-state index in [0.29, 0.717) is 18.2 Å². The second-order valence-corrected chi connectivity index (χ2v) is 22.1. The van der Waals surface area contributed by atoms with E-state index in [-0.39, 0.29) is 30.9 Å². The minimum atomic E-state index is -4.75. The van der Waals surface area contributed by atoms with Crippen LogP contribution in [-0.4, -0.2) is 57.7 Å². The van der Waals surface area contributed by atoms with Gasteiger partial charge in [-0.1, -0.05) is 189 Å². The number of rotatable bonds is 42. The molecule has 0 aliphatic rings. The largest absolute Gasteiger partial charge is 0.472 e. The number of phosphoric ester groups is 1. The van der Waals surface area contributed by atoms with Crippen molar-refractivity contribution in [2.75, 3.05) is 26.4 Å². The van der Waals surface area contributed by atoms with Crippen LogP contribution in [0.5, 0.6) is 0 Å². The highest BCUT2D eigenvalue weighted by Crippen LogP contribution is 2.43. The van der Waals surface area contributed by atoms with Crippen LogP contribution in [-0.2, 0) is 42.7 Å². The Morgan fingerprint density at radius 3 is 1.57 bits per heavy atom. The normalized spacial score (nSPS) is 13.6. The lowest BCUT2D eigenvalue weighted by Crippen LogP contribution is -2.30. The second-order valence-electron chi connectivity index (χ2n) is 18.9. The molecule has 0 aliphatic heterocycles. The molecule has 0 aromatic heterocycles. The van der Waals surface area contributed by atoms with Gasteiger partial charge in [0.05, 0.1) is 18.1 Å². The van der Waals surface area contributed by atoms with Gasteiger partial charge in [0.1, 0.15) is 6.61 Å². The van der Waals surface area contributed by atoms with Crippen LogP contribution in [0.1, 0.15) is 194 Å². The summed E-state index contributed by atoms with van der Waals surface area (Å²) in [4.78, 5) is 36.3. The molecule has 0 saturated heterocycles. The van der Waals surface area contributed by atoms with Gasteiger partial charge >= 0.3 is 19.8 Å².